The van der Waals surface area contributed by atoms with E-state index in [9.17, 15) is 13.2 Å². The smallest absolute Gasteiger partial charge is 0.313 e. The molecule has 0 aromatic rings. The van der Waals surface area contributed by atoms with Crippen LogP contribution in [0.4, 0.5) is 13.2 Å². The molecule has 1 unspecified atom stereocenters. The van der Waals surface area contributed by atoms with E-state index in [0.717, 1.165) is 19.5 Å². The van der Waals surface area contributed by atoms with E-state index >= 15 is 0 Å². The molecule has 1 atom stereocenters. The summed E-state index contributed by atoms with van der Waals surface area (Å²) in [5.74, 6) is 0. The normalized spacial score (nSPS) is 22.6. The maximum atomic E-state index is 11.9. The number of nitrogens with one attached hydrogen (secondary N) is 1. The van der Waals surface area contributed by atoms with Crippen molar-refractivity contribution < 1.29 is 13.2 Å². The van der Waals surface area contributed by atoms with Crippen LogP contribution in [-0.4, -0.2) is 43.8 Å². The van der Waals surface area contributed by atoms with Crippen LogP contribution in [-0.2, 0) is 0 Å². The first kappa shape index (κ1) is 12.8. The van der Waals surface area contributed by atoms with Crippen molar-refractivity contribution in [3.8, 4) is 0 Å². The molecule has 1 heterocycles. The summed E-state index contributed by atoms with van der Waals surface area (Å²) < 4.78 is 35.6. The third kappa shape index (κ3) is 5.99. The van der Waals surface area contributed by atoms with Crippen molar-refractivity contribution in [1.29, 1.82) is 0 Å². The molecule has 5 heteroatoms. The van der Waals surface area contributed by atoms with Crippen LogP contribution in [0.15, 0.2) is 0 Å². The van der Waals surface area contributed by atoms with E-state index in [1.807, 2.05) is 11.9 Å². The van der Waals surface area contributed by atoms with Crippen LogP contribution in [0.2, 0.25) is 0 Å². The number of alkyl halides is 3. The third-order valence-corrected chi connectivity index (χ3v) is 2.69. The fourth-order valence-corrected chi connectivity index (χ4v) is 1.93. The molecule has 0 bridgehead atoms. The van der Waals surface area contributed by atoms with Crippen molar-refractivity contribution in [3.05, 3.63) is 0 Å². The zero-order valence-corrected chi connectivity index (χ0v) is 9.11. The van der Waals surface area contributed by atoms with E-state index in [4.69, 9.17) is 0 Å². The first-order valence-electron chi connectivity index (χ1n) is 5.46. The van der Waals surface area contributed by atoms with Crippen molar-refractivity contribution in [1.82, 2.24) is 10.2 Å². The van der Waals surface area contributed by atoms with Crippen molar-refractivity contribution in [2.24, 2.45) is 0 Å². The van der Waals surface area contributed by atoms with Gasteiger partial charge in [0.2, 0.25) is 0 Å². The summed E-state index contributed by atoms with van der Waals surface area (Å²) in [5.41, 5.74) is 0. The highest BCUT2D eigenvalue weighted by molar-refractivity contribution is 4.76. The second-order valence-electron chi connectivity index (χ2n) is 4.27. The van der Waals surface area contributed by atoms with Gasteiger partial charge in [0.05, 0.1) is 0 Å². The fraction of sp³-hybridized carbons (Fsp3) is 1.00. The number of hydrogen-bond donors (Lipinski definition) is 1. The topological polar surface area (TPSA) is 15.3 Å². The van der Waals surface area contributed by atoms with E-state index in [0.29, 0.717) is 12.6 Å². The number of likely N-dealkylation sites (N-methyl/N-ethyl adjacent to an activating group) is 1. The van der Waals surface area contributed by atoms with Crippen molar-refractivity contribution in [2.45, 2.75) is 37.9 Å². The lowest BCUT2D eigenvalue weighted by molar-refractivity contribution is -0.136. The fourth-order valence-electron chi connectivity index (χ4n) is 1.93. The third-order valence-electron chi connectivity index (χ3n) is 2.69. The zero-order chi connectivity index (χ0) is 11.3. The second-order valence-corrected chi connectivity index (χ2v) is 4.27. The molecule has 0 radical (unpaired) electrons. The Kier molecular flexibility index (Phi) is 4.86. The Morgan fingerprint density at radius 1 is 1.40 bits per heavy atom. The minimum absolute atomic E-state index is 0.201. The highest BCUT2D eigenvalue weighted by Gasteiger charge is 2.26. The summed E-state index contributed by atoms with van der Waals surface area (Å²) in [6.07, 6.45) is -2.15. The van der Waals surface area contributed by atoms with Crippen LogP contribution in [0, 0.1) is 0 Å². The molecule has 0 aromatic heterocycles. The van der Waals surface area contributed by atoms with Gasteiger partial charge in [-0.3, -0.25) is 0 Å². The average molecular weight is 224 g/mol. The minimum Gasteiger partial charge on any atom is -0.313 e. The summed E-state index contributed by atoms with van der Waals surface area (Å²) in [4.78, 5) is 1.98. The number of hydrogen-bond acceptors (Lipinski definition) is 2. The summed E-state index contributed by atoms with van der Waals surface area (Å²) in [6.45, 7) is 2.43. The molecule has 0 aliphatic carbocycles. The van der Waals surface area contributed by atoms with Gasteiger partial charge in [0, 0.05) is 19.0 Å². The standard InChI is InChI=1S/C10H19F3N2/c1-15(7-3-5-10(11,12)13)8-9-4-2-6-14-9/h9,14H,2-8H2,1H3. The molecular formula is C10H19F3N2. The Morgan fingerprint density at radius 3 is 2.67 bits per heavy atom. The van der Waals surface area contributed by atoms with E-state index < -0.39 is 12.6 Å². The van der Waals surface area contributed by atoms with Gasteiger partial charge >= 0.3 is 6.18 Å². The Labute approximate surface area is 88.8 Å². The van der Waals surface area contributed by atoms with E-state index in [1.165, 1.54) is 6.42 Å². The Bertz CT molecular complexity index is 176. The molecule has 1 aliphatic heterocycles. The van der Waals surface area contributed by atoms with Crippen LogP contribution in [0.25, 0.3) is 0 Å². The number of halogens is 3. The summed E-state index contributed by atoms with van der Waals surface area (Å²) in [7, 11) is 1.89. The summed E-state index contributed by atoms with van der Waals surface area (Å²) in [5, 5.41) is 3.33. The minimum atomic E-state index is -4.01. The number of nitrogens with zero attached hydrogens (tertiary/aromatic N) is 1. The van der Waals surface area contributed by atoms with Gasteiger partial charge < -0.3 is 10.2 Å². The Hall–Kier alpha value is -0.290. The Balaban J connectivity index is 2.05. The molecule has 0 aromatic carbocycles. The van der Waals surface area contributed by atoms with Gasteiger partial charge in [-0.15, -0.1) is 0 Å². The zero-order valence-electron chi connectivity index (χ0n) is 9.11. The van der Waals surface area contributed by atoms with Gasteiger partial charge in [0.15, 0.2) is 0 Å². The van der Waals surface area contributed by atoms with Crippen LogP contribution >= 0.6 is 0 Å². The van der Waals surface area contributed by atoms with E-state index in [2.05, 4.69) is 5.32 Å². The maximum Gasteiger partial charge on any atom is 0.389 e. The monoisotopic (exact) mass is 224 g/mol. The number of rotatable bonds is 5. The lowest BCUT2D eigenvalue weighted by atomic mass is 10.2. The largest absolute Gasteiger partial charge is 0.389 e. The molecule has 1 fully saturated rings. The van der Waals surface area contributed by atoms with Crippen LogP contribution in [0.3, 0.4) is 0 Å². The van der Waals surface area contributed by atoms with E-state index in [-0.39, 0.29) is 6.42 Å². The van der Waals surface area contributed by atoms with Gasteiger partial charge in [0.25, 0.3) is 0 Å². The molecule has 90 valence electrons. The first-order valence-corrected chi connectivity index (χ1v) is 5.46. The van der Waals surface area contributed by atoms with Gasteiger partial charge in [-0.05, 0) is 39.4 Å². The quantitative estimate of drug-likeness (QED) is 0.768. The molecule has 1 rings (SSSR count). The average Bonchev–Trinajstić information content (AvgIpc) is 2.54. The van der Waals surface area contributed by atoms with Crippen molar-refractivity contribution >= 4 is 0 Å². The summed E-state index contributed by atoms with van der Waals surface area (Å²) >= 11 is 0. The van der Waals surface area contributed by atoms with Crippen molar-refractivity contribution in [3.63, 3.8) is 0 Å². The molecule has 15 heavy (non-hydrogen) atoms. The molecule has 1 aliphatic rings. The lowest BCUT2D eigenvalue weighted by Gasteiger charge is -2.21. The van der Waals surface area contributed by atoms with Crippen LogP contribution in [0.1, 0.15) is 25.7 Å². The first-order chi connectivity index (χ1) is 6.97. The second kappa shape index (κ2) is 5.70. The summed E-state index contributed by atoms with van der Waals surface area (Å²) in [6, 6.07) is 0.473. The predicted molar refractivity (Wildman–Crippen MR) is 53.8 cm³/mol. The highest BCUT2D eigenvalue weighted by Crippen LogP contribution is 2.21. The Morgan fingerprint density at radius 2 is 2.13 bits per heavy atom. The van der Waals surface area contributed by atoms with Crippen molar-refractivity contribution in [2.75, 3.05) is 26.7 Å². The predicted octanol–water partition coefficient (Wildman–Crippen LogP) is 2.01. The van der Waals surface area contributed by atoms with Crippen LogP contribution < -0.4 is 5.32 Å². The van der Waals surface area contributed by atoms with Gasteiger partial charge in [-0.1, -0.05) is 0 Å². The van der Waals surface area contributed by atoms with Gasteiger partial charge in [-0.25, -0.2) is 0 Å². The molecule has 2 nitrogen and oxygen atoms in total. The van der Waals surface area contributed by atoms with Crippen LogP contribution in [0.5, 0.6) is 0 Å². The molecule has 1 N–H and O–H groups in total. The van der Waals surface area contributed by atoms with Gasteiger partial charge in [-0.2, -0.15) is 13.2 Å². The van der Waals surface area contributed by atoms with E-state index in [1.54, 1.807) is 0 Å². The highest BCUT2D eigenvalue weighted by atomic mass is 19.4. The maximum absolute atomic E-state index is 11.9. The van der Waals surface area contributed by atoms with Gasteiger partial charge in [0.1, 0.15) is 0 Å². The molecule has 0 spiro atoms. The molecule has 0 amide bonds. The molecule has 0 saturated carbocycles. The molecule has 1 saturated heterocycles. The lowest BCUT2D eigenvalue weighted by Crippen LogP contribution is -2.36. The molecular weight excluding hydrogens is 205 g/mol. The SMILES string of the molecule is CN(CCCC(F)(F)F)CC1CCCN1.